The third-order valence-corrected chi connectivity index (χ3v) is 3.09. The summed E-state index contributed by atoms with van der Waals surface area (Å²) in [5.41, 5.74) is 1.84. The molecule has 1 saturated carbocycles. The first-order valence-corrected chi connectivity index (χ1v) is 6.09. The predicted molar refractivity (Wildman–Crippen MR) is 68.0 cm³/mol. The van der Waals surface area contributed by atoms with E-state index in [1.54, 1.807) is 0 Å². The van der Waals surface area contributed by atoms with E-state index in [0.29, 0.717) is 11.6 Å². The first-order chi connectivity index (χ1) is 8.56. The fraction of sp³-hybridized carbons (Fsp3) is 0.429. The Labute approximate surface area is 106 Å². The molecule has 0 heterocycles. The van der Waals surface area contributed by atoms with Gasteiger partial charge >= 0.3 is 5.97 Å². The lowest BCUT2D eigenvalue weighted by molar-refractivity contribution is -0.148. The van der Waals surface area contributed by atoms with Gasteiger partial charge in [-0.1, -0.05) is 24.6 Å². The molecule has 1 aliphatic carbocycles. The monoisotopic (exact) mass is 247 g/mol. The number of ether oxygens (including phenoxy) is 1. The van der Waals surface area contributed by atoms with Gasteiger partial charge in [0.1, 0.15) is 0 Å². The fourth-order valence-corrected chi connectivity index (χ4v) is 1.73. The molecule has 1 aromatic rings. The number of esters is 1. The van der Waals surface area contributed by atoms with E-state index in [1.807, 2.05) is 38.1 Å². The molecule has 0 radical (unpaired) electrons. The van der Waals surface area contributed by atoms with E-state index < -0.39 is 0 Å². The number of anilines is 1. The van der Waals surface area contributed by atoms with Gasteiger partial charge in [0, 0.05) is 5.69 Å². The SMILES string of the molecule is Cc1ccc(NC(=O)COC(=O)[C@H]2C[C@H]2C)cc1. The van der Waals surface area contributed by atoms with Gasteiger partial charge in [-0.15, -0.1) is 0 Å². The van der Waals surface area contributed by atoms with Gasteiger partial charge in [0.2, 0.25) is 0 Å². The number of aryl methyl sites for hydroxylation is 1. The van der Waals surface area contributed by atoms with E-state index in [1.165, 1.54) is 0 Å². The minimum absolute atomic E-state index is 0.00262. The summed E-state index contributed by atoms with van der Waals surface area (Å²) in [7, 11) is 0. The van der Waals surface area contributed by atoms with Crippen molar-refractivity contribution in [1.29, 1.82) is 0 Å². The highest BCUT2D eigenvalue weighted by Crippen LogP contribution is 2.38. The summed E-state index contributed by atoms with van der Waals surface area (Å²) in [5, 5.41) is 2.68. The van der Waals surface area contributed by atoms with Crippen LogP contribution in [0.2, 0.25) is 0 Å². The summed E-state index contributed by atoms with van der Waals surface area (Å²) >= 11 is 0. The first kappa shape index (κ1) is 12.6. The van der Waals surface area contributed by atoms with Crippen LogP contribution in [0, 0.1) is 18.8 Å². The lowest BCUT2D eigenvalue weighted by atomic mass is 10.2. The Morgan fingerprint density at radius 3 is 2.50 bits per heavy atom. The van der Waals surface area contributed by atoms with Crippen LogP contribution >= 0.6 is 0 Å². The van der Waals surface area contributed by atoms with Crippen molar-refractivity contribution in [2.75, 3.05) is 11.9 Å². The van der Waals surface area contributed by atoms with Crippen molar-refractivity contribution >= 4 is 17.6 Å². The molecule has 18 heavy (non-hydrogen) atoms. The van der Waals surface area contributed by atoms with Crippen LogP contribution in [0.15, 0.2) is 24.3 Å². The van der Waals surface area contributed by atoms with Crippen molar-refractivity contribution in [3.05, 3.63) is 29.8 Å². The number of rotatable bonds is 4. The second-order valence-electron chi connectivity index (χ2n) is 4.84. The van der Waals surface area contributed by atoms with Crippen LogP contribution in [-0.2, 0) is 14.3 Å². The highest BCUT2D eigenvalue weighted by atomic mass is 16.5. The van der Waals surface area contributed by atoms with E-state index in [9.17, 15) is 9.59 Å². The van der Waals surface area contributed by atoms with Crippen molar-refractivity contribution in [3.63, 3.8) is 0 Å². The van der Waals surface area contributed by atoms with E-state index in [-0.39, 0.29) is 24.4 Å². The summed E-state index contributed by atoms with van der Waals surface area (Å²) in [6, 6.07) is 7.46. The fourth-order valence-electron chi connectivity index (χ4n) is 1.73. The molecule has 2 rings (SSSR count). The van der Waals surface area contributed by atoms with E-state index in [4.69, 9.17) is 4.74 Å². The van der Waals surface area contributed by atoms with E-state index >= 15 is 0 Å². The zero-order valence-electron chi connectivity index (χ0n) is 10.6. The lowest BCUT2D eigenvalue weighted by Gasteiger charge is -2.06. The number of nitrogens with one attached hydrogen (secondary N) is 1. The highest BCUT2D eigenvalue weighted by molar-refractivity contribution is 5.93. The molecule has 2 atom stereocenters. The number of carbonyl (C=O) groups excluding carboxylic acids is 2. The van der Waals surface area contributed by atoms with E-state index in [2.05, 4.69) is 5.32 Å². The minimum Gasteiger partial charge on any atom is -0.455 e. The predicted octanol–water partition coefficient (Wildman–Crippen LogP) is 2.13. The van der Waals surface area contributed by atoms with Crippen LogP contribution in [0.1, 0.15) is 18.9 Å². The smallest absolute Gasteiger partial charge is 0.309 e. The Morgan fingerprint density at radius 1 is 1.33 bits per heavy atom. The van der Waals surface area contributed by atoms with Gasteiger partial charge < -0.3 is 10.1 Å². The number of benzene rings is 1. The standard InChI is InChI=1S/C14H17NO3/c1-9-3-5-11(6-4-9)15-13(16)8-18-14(17)12-7-10(12)2/h3-6,10,12H,7-8H2,1-2H3,(H,15,16)/t10-,12+/m1/s1. The second kappa shape index (κ2) is 5.21. The molecule has 4 nitrogen and oxygen atoms in total. The molecule has 0 saturated heterocycles. The Morgan fingerprint density at radius 2 is 1.94 bits per heavy atom. The average Bonchev–Trinajstić information content (AvgIpc) is 3.06. The Bertz CT molecular complexity index is 453. The third kappa shape index (κ3) is 3.32. The van der Waals surface area contributed by atoms with Crippen LogP contribution < -0.4 is 5.32 Å². The van der Waals surface area contributed by atoms with Crippen LogP contribution in [-0.4, -0.2) is 18.5 Å². The minimum atomic E-state index is -0.305. The maximum Gasteiger partial charge on any atom is 0.309 e. The zero-order valence-corrected chi connectivity index (χ0v) is 10.6. The summed E-state index contributed by atoms with van der Waals surface area (Å²) < 4.78 is 4.94. The molecule has 0 bridgehead atoms. The van der Waals surface area contributed by atoms with Gasteiger partial charge in [0.15, 0.2) is 6.61 Å². The molecule has 96 valence electrons. The molecule has 1 N–H and O–H groups in total. The van der Waals surface area contributed by atoms with Crippen LogP contribution in [0.3, 0.4) is 0 Å². The van der Waals surface area contributed by atoms with Gasteiger partial charge in [-0.25, -0.2) is 0 Å². The van der Waals surface area contributed by atoms with Gasteiger partial charge in [-0.3, -0.25) is 9.59 Å². The molecule has 1 fully saturated rings. The molecule has 1 amide bonds. The molecular weight excluding hydrogens is 230 g/mol. The summed E-state index contributed by atoms with van der Waals surface area (Å²) in [6.45, 7) is 3.76. The normalized spacial score (nSPS) is 21.2. The Kier molecular flexibility index (Phi) is 3.65. The number of amides is 1. The van der Waals surface area contributed by atoms with Crippen molar-refractivity contribution in [2.24, 2.45) is 11.8 Å². The molecule has 0 aromatic heterocycles. The summed E-state index contributed by atoms with van der Waals surface area (Å²) in [6.07, 6.45) is 0.873. The second-order valence-corrected chi connectivity index (χ2v) is 4.84. The first-order valence-electron chi connectivity index (χ1n) is 6.09. The molecule has 1 aromatic carbocycles. The Balaban J connectivity index is 1.75. The molecule has 4 heteroatoms. The maximum atomic E-state index is 11.5. The lowest BCUT2D eigenvalue weighted by Crippen LogP contribution is -2.21. The number of hydrogen-bond donors (Lipinski definition) is 1. The van der Waals surface area contributed by atoms with Crippen molar-refractivity contribution in [3.8, 4) is 0 Å². The van der Waals surface area contributed by atoms with Crippen molar-refractivity contribution in [1.82, 2.24) is 0 Å². The number of hydrogen-bond acceptors (Lipinski definition) is 3. The van der Waals surface area contributed by atoms with Crippen LogP contribution in [0.25, 0.3) is 0 Å². The molecular formula is C14H17NO3. The quantitative estimate of drug-likeness (QED) is 0.829. The third-order valence-electron chi connectivity index (χ3n) is 3.09. The maximum absolute atomic E-state index is 11.5. The summed E-state index contributed by atoms with van der Waals surface area (Å²) in [5.74, 6) is -0.170. The van der Waals surface area contributed by atoms with Crippen molar-refractivity contribution < 1.29 is 14.3 Å². The van der Waals surface area contributed by atoms with Gasteiger partial charge in [-0.05, 0) is 31.4 Å². The van der Waals surface area contributed by atoms with Crippen LogP contribution in [0.5, 0.6) is 0 Å². The molecule has 0 aliphatic heterocycles. The van der Waals surface area contributed by atoms with Gasteiger partial charge in [0.05, 0.1) is 5.92 Å². The topological polar surface area (TPSA) is 55.4 Å². The molecule has 0 unspecified atom stereocenters. The number of carbonyl (C=O) groups is 2. The average molecular weight is 247 g/mol. The van der Waals surface area contributed by atoms with Gasteiger partial charge in [0.25, 0.3) is 5.91 Å². The zero-order chi connectivity index (χ0) is 13.1. The Hall–Kier alpha value is -1.84. The largest absolute Gasteiger partial charge is 0.455 e. The molecule has 1 aliphatic rings. The molecule has 0 spiro atoms. The van der Waals surface area contributed by atoms with E-state index in [0.717, 1.165) is 12.0 Å². The van der Waals surface area contributed by atoms with Crippen molar-refractivity contribution in [2.45, 2.75) is 20.3 Å². The summed E-state index contributed by atoms with van der Waals surface area (Å²) in [4.78, 5) is 23.0. The highest BCUT2D eigenvalue weighted by Gasteiger charge is 2.40. The van der Waals surface area contributed by atoms with Gasteiger partial charge in [-0.2, -0.15) is 0 Å². The van der Waals surface area contributed by atoms with Crippen LogP contribution in [0.4, 0.5) is 5.69 Å².